The van der Waals surface area contributed by atoms with Gasteiger partial charge in [-0.1, -0.05) is 6.92 Å². The molecule has 5 nitrogen and oxygen atoms in total. The van der Waals surface area contributed by atoms with E-state index in [1.807, 2.05) is 0 Å². The molecule has 0 aliphatic carbocycles. The quantitative estimate of drug-likeness (QED) is 0.671. The summed E-state index contributed by atoms with van der Waals surface area (Å²) in [7, 11) is -2.89. The van der Waals surface area contributed by atoms with E-state index < -0.39 is 15.4 Å². The smallest absolute Gasteiger partial charge is 0.150 e. The molecule has 1 saturated heterocycles. The van der Waals surface area contributed by atoms with Crippen LogP contribution in [0.3, 0.4) is 0 Å². The van der Waals surface area contributed by atoms with E-state index in [1.54, 1.807) is 6.92 Å². The van der Waals surface area contributed by atoms with Gasteiger partial charge in [-0.3, -0.25) is 0 Å². The summed E-state index contributed by atoms with van der Waals surface area (Å²) in [6, 6.07) is 0. The maximum atomic E-state index is 11.3. The van der Waals surface area contributed by atoms with Gasteiger partial charge in [0.25, 0.3) is 0 Å². The second kappa shape index (κ2) is 6.68. The van der Waals surface area contributed by atoms with Gasteiger partial charge >= 0.3 is 0 Å². The van der Waals surface area contributed by atoms with E-state index in [-0.39, 0.29) is 11.5 Å². The summed E-state index contributed by atoms with van der Waals surface area (Å²) in [6.07, 6.45) is 2.37. The Kier molecular flexibility index (Phi) is 5.85. The number of hydrogen-bond acceptors (Lipinski definition) is 5. The average molecular weight is 265 g/mol. The van der Waals surface area contributed by atoms with E-state index in [4.69, 9.17) is 15.2 Å². The third-order valence-electron chi connectivity index (χ3n) is 3.11. The van der Waals surface area contributed by atoms with Gasteiger partial charge in [-0.25, -0.2) is 8.42 Å². The molecule has 0 aromatic rings. The summed E-state index contributed by atoms with van der Waals surface area (Å²) < 4.78 is 33.7. The largest absolute Gasteiger partial charge is 0.378 e. The number of rotatable bonds is 7. The highest BCUT2D eigenvalue weighted by Gasteiger charge is 2.32. The Morgan fingerprint density at radius 1 is 1.47 bits per heavy atom. The predicted octanol–water partition coefficient (Wildman–Crippen LogP) is 0.336. The van der Waals surface area contributed by atoms with E-state index in [2.05, 4.69) is 0 Å². The van der Waals surface area contributed by atoms with Gasteiger partial charge in [-0.05, 0) is 19.3 Å². The highest BCUT2D eigenvalue weighted by molar-refractivity contribution is 7.91. The molecule has 0 amide bonds. The monoisotopic (exact) mass is 265 g/mol. The van der Waals surface area contributed by atoms with E-state index in [1.165, 1.54) is 0 Å². The molecule has 102 valence electrons. The minimum atomic E-state index is -2.89. The van der Waals surface area contributed by atoms with E-state index in [0.29, 0.717) is 26.2 Å². The zero-order chi connectivity index (χ0) is 12.8. The first-order valence-corrected chi connectivity index (χ1v) is 7.98. The Labute approximate surface area is 104 Å². The lowest BCUT2D eigenvalue weighted by Gasteiger charge is -2.35. The second-order valence-corrected chi connectivity index (χ2v) is 6.95. The second-order valence-electron chi connectivity index (χ2n) is 4.48. The van der Waals surface area contributed by atoms with Crippen molar-refractivity contribution in [2.75, 3.05) is 37.9 Å². The molecular formula is C11H23NO4S. The fourth-order valence-electron chi connectivity index (χ4n) is 1.87. The van der Waals surface area contributed by atoms with Crippen LogP contribution in [-0.4, -0.2) is 51.9 Å². The summed E-state index contributed by atoms with van der Waals surface area (Å²) >= 11 is 0. The summed E-state index contributed by atoms with van der Waals surface area (Å²) in [5.41, 5.74) is 5.31. The van der Waals surface area contributed by atoms with E-state index in [0.717, 1.165) is 19.4 Å². The predicted molar refractivity (Wildman–Crippen MR) is 66.7 cm³/mol. The van der Waals surface area contributed by atoms with Crippen LogP contribution in [0.15, 0.2) is 0 Å². The van der Waals surface area contributed by atoms with Crippen molar-refractivity contribution < 1.29 is 17.9 Å². The van der Waals surface area contributed by atoms with Crippen LogP contribution in [-0.2, 0) is 19.3 Å². The Bertz CT molecular complexity index is 309. The van der Waals surface area contributed by atoms with Crippen molar-refractivity contribution in [3.8, 4) is 0 Å². The lowest BCUT2D eigenvalue weighted by Crippen LogP contribution is -2.48. The van der Waals surface area contributed by atoms with Gasteiger partial charge in [-0.2, -0.15) is 0 Å². The van der Waals surface area contributed by atoms with Crippen LogP contribution >= 0.6 is 0 Å². The molecule has 0 aromatic carbocycles. The molecule has 1 fully saturated rings. The van der Waals surface area contributed by atoms with Crippen molar-refractivity contribution in [1.29, 1.82) is 0 Å². The lowest BCUT2D eigenvalue weighted by molar-refractivity contribution is -0.122. The standard InChI is InChI=1S/C11H23NO4S/c1-2-17(13,14)8-4-7-16-11(9-12)5-3-6-15-10-11/h2-10,12H2,1H3. The number of ether oxygens (including phenoxy) is 2. The van der Waals surface area contributed by atoms with Gasteiger partial charge in [-0.15, -0.1) is 0 Å². The molecule has 0 saturated carbocycles. The Morgan fingerprint density at radius 2 is 2.24 bits per heavy atom. The molecule has 0 radical (unpaired) electrons. The van der Waals surface area contributed by atoms with Crippen molar-refractivity contribution in [1.82, 2.24) is 0 Å². The Hall–Kier alpha value is -0.170. The summed E-state index contributed by atoms with van der Waals surface area (Å²) in [5, 5.41) is 0. The SMILES string of the molecule is CCS(=O)(=O)CCCOC1(CN)CCCOC1. The molecule has 1 atom stereocenters. The zero-order valence-corrected chi connectivity index (χ0v) is 11.3. The van der Waals surface area contributed by atoms with E-state index >= 15 is 0 Å². The van der Waals surface area contributed by atoms with Crippen LogP contribution in [0.25, 0.3) is 0 Å². The van der Waals surface area contributed by atoms with Crippen LogP contribution in [0.2, 0.25) is 0 Å². The minimum Gasteiger partial charge on any atom is -0.378 e. The highest BCUT2D eigenvalue weighted by Crippen LogP contribution is 2.22. The third kappa shape index (κ3) is 4.91. The number of hydrogen-bond donors (Lipinski definition) is 1. The first-order chi connectivity index (χ1) is 8.04. The fraction of sp³-hybridized carbons (Fsp3) is 1.00. The molecule has 1 aliphatic rings. The average Bonchev–Trinajstić information content (AvgIpc) is 2.36. The molecule has 17 heavy (non-hydrogen) atoms. The molecule has 0 bridgehead atoms. The molecule has 1 rings (SSSR count). The fourth-order valence-corrected chi connectivity index (χ4v) is 2.72. The Balaban J connectivity index is 2.29. The van der Waals surface area contributed by atoms with Crippen LogP contribution in [0.5, 0.6) is 0 Å². The molecule has 2 N–H and O–H groups in total. The van der Waals surface area contributed by atoms with Gasteiger partial charge in [0.2, 0.25) is 0 Å². The van der Waals surface area contributed by atoms with E-state index in [9.17, 15) is 8.42 Å². The third-order valence-corrected chi connectivity index (χ3v) is 4.90. The van der Waals surface area contributed by atoms with Crippen LogP contribution < -0.4 is 5.73 Å². The van der Waals surface area contributed by atoms with Crippen LogP contribution in [0.4, 0.5) is 0 Å². The van der Waals surface area contributed by atoms with Crippen LogP contribution in [0, 0.1) is 0 Å². The lowest BCUT2D eigenvalue weighted by atomic mass is 9.96. The van der Waals surface area contributed by atoms with Gasteiger partial charge in [0, 0.05) is 25.5 Å². The first kappa shape index (κ1) is 14.9. The zero-order valence-electron chi connectivity index (χ0n) is 10.5. The van der Waals surface area contributed by atoms with Crippen molar-refractivity contribution in [3.63, 3.8) is 0 Å². The summed E-state index contributed by atoms with van der Waals surface area (Å²) in [6.45, 7) is 3.79. The Morgan fingerprint density at radius 3 is 2.76 bits per heavy atom. The molecule has 6 heteroatoms. The normalized spacial score (nSPS) is 26.0. The molecule has 1 heterocycles. The van der Waals surface area contributed by atoms with Crippen molar-refractivity contribution in [3.05, 3.63) is 0 Å². The number of nitrogens with two attached hydrogens (primary N) is 1. The topological polar surface area (TPSA) is 78.6 Å². The van der Waals surface area contributed by atoms with Gasteiger partial charge in [0.1, 0.15) is 15.4 Å². The van der Waals surface area contributed by atoms with Gasteiger partial charge < -0.3 is 15.2 Å². The summed E-state index contributed by atoms with van der Waals surface area (Å²) in [4.78, 5) is 0. The molecular weight excluding hydrogens is 242 g/mol. The molecule has 0 aromatic heterocycles. The first-order valence-electron chi connectivity index (χ1n) is 6.16. The van der Waals surface area contributed by atoms with Crippen molar-refractivity contribution in [2.24, 2.45) is 5.73 Å². The van der Waals surface area contributed by atoms with Gasteiger partial charge in [0.05, 0.1) is 12.4 Å². The molecule has 1 unspecified atom stereocenters. The highest BCUT2D eigenvalue weighted by atomic mass is 32.2. The number of sulfone groups is 1. The summed E-state index contributed by atoms with van der Waals surface area (Å²) in [5.74, 6) is 0.378. The molecule has 0 spiro atoms. The minimum absolute atomic E-state index is 0.186. The maximum Gasteiger partial charge on any atom is 0.150 e. The maximum absolute atomic E-state index is 11.3. The van der Waals surface area contributed by atoms with Crippen molar-refractivity contribution >= 4 is 9.84 Å². The van der Waals surface area contributed by atoms with Crippen LogP contribution in [0.1, 0.15) is 26.2 Å². The molecule has 1 aliphatic heterocycles. The van der Waals surface area contributed by atoms with Crippen molar-refractivity contribution in [2.45, 2.75) is 31.8 Å². The van der Waals surface area contributed by atoms with Gasteiger partial charge in [0.15, 0.2) is 0 Å².